The summed E-state index contributed by atoms with van der Waals surface area (Å²) < 4.78 is 26.4. The van der Waals surface area contributed by atoms with Gasteiger partial charge in [0.05, 0.1) is 0 Å². The SMILES string of the molecule is COC(=O)/C=C/[C@@H](COC(c1ccccc1)(c1ccccc1)c1ccccc1)O[C@H]([C@@H](OC(C)=O)[Se]c1ccccc1)n1ccc(=O)[nH]c1=O. The van der Waals surface area contributed by atoms with Gasteiger partial charge in [-0.3, -0.25) is 0 Å². The van der Waals surface area contributed by atoms with Crippen LogP contribution in [0.4, 0.5) is 0 Å². The summed E-state index contributed by atoms with van der Waals surface area (Å²) in [5.74, 6) is -1.23. The van der Waals surface area contributed by atoms with Crippen LogP contribution < -0.4 is 15.7 Å². The fourth-order valence-corrected chi connectivity index (χ4v) is 7.64. The number of carbonyl (C=O) groups is 2. The molecule has 11 heteroatoms. The summed E-state index contributed by atoms with van der Waals surface area (Å²) in [5.41, 5.74) is 0.00169. The van der Waals surface area contributed by atoms with Crippen LogP contribution in [0.3, 0.4) is 0 Å². The first-order valence-corrected chi connectivity index (χ1v) is 17.6. The fourth-order valence-electron chi connectivity index (χ4n) is 5.37. The third kappa shape index (κ3) is 9.02. The minimum absolute atomic E-state index is 0.147. The number of methoxy groups -OCH3 is 1. The number of hydrogen-bond donors (Lipinski definition) is 1. The van der Waals surface area contributed by atoms with Gasteiger partial charge in [-0.1, -0.05) is 0 Å². The molecule has 0 bridgehead atoms. The summed E-state index contributed by atoms with van der Waals surface area (Å²) >= 11 is -0.577. The number of aromatic nitrogens is 2. The van der Waals surface area contributed by atoms with Crippen molar-refractivity contribution in [2.45, 2.75) is 29.9 Å². The molecule has 4 aromatic carbocycles. The van der Waals surface area contributed by atoms with E-state index < -0.39 is 61.1 Å². The molecule has 10 nitrogen and oxygen atoms in total. The molecule has 0 unspecified atom stereocenters. The third-order valence-corrected chi connectivity index (χ3v) is 9.92. The molecule has 0 amide bonds. The van der Waals surface area contributed by atoms with Crippen LogP contribution in [0.5, 0.6) is 0 Å². The number of nitrogens with one attached hydrogen (secondary N) is 1. The van der Waals surface area contributed by atoms with E-state index in [1.54, 1.807) is 0 Å². The van der Waals surface area contributed by atoms with Crippen molar-refractivity contribution in [3.05, 3.63) is 183 Å². The van der Waals surface area contributed by atoms with E-state index in [0.717, 1.165) is 25.7 Å². The monoisotopic (exact) mass is 740 g/mol. The fraction of sp³-hybridized carbons (Fsp3) is 0.179. The number of rotatable bonds is 15. The molecule has 0 fully saturated rings. The minimum atomic E-state index is -1.25. The molecule has 0 radical (unpaired) electrons. The van der Waals surface area contributed by atoms with Crippen LogP contribution in [0.25, 0.3) is 0 Å². The molecule has 1 heterocycles. The quantitative estimate of drug-likeness (QED) is 0.0738. The van der Waals surface area contributed by atoms with Crippen LogP contribution in [0.1, 0.15) is 29.8 Å². The van der Waals surface area contributed by atoms with Gasteiger partial charge < -0.3 is 0 Å². The van der Waals surface area contributed by atoms with Crippen molar-refractivity contribution in [1.29, 1.82) is 0 Å². The second-order valence-corrected chi connectivity index (χ2v) is 13.4. The summed E-state index contributed by atoms with van der Waals surface area (Å²) in [4.78, 5) is 52.5. The van der Waals surface area contributed by atoms with Crippen LogP contribution in [0, 0.1) is 0 Å². The molecule has 256 valence electrons. The van der Waals surface area contributed by atoms with E-state index in [9.17, 15) is 19.2 Å². The van der Waals surface area contributed by atoms with Gasteiger partial charge in [0.25, 0.3) is 0 Å². The molecule has 0 aliphatic carbocycles. The molecular formula is C39H36N2O8Se. The normalized spacial score (nSPS) is 13.3. The van der Waals surface area contributed by atoms with Crippen molar-refractivity contribution in [2.24, 2.45) is 0 Å². The standard InChI is InChI=1S/C39H36N2O8Se/c1-28(42)48-37(50-33-21-13-6-14-22-33)36(41-26-25-34(43)40-38(41)45)49-32(23-24-35(44)46-2)27-47-39(29-15-7-3-8-16-29,30-17-9-4-10-18-30)31-19-11-5-12-20-31/h3-26,32,36-37H,27H2,1-2H3,(H,40,43,45)/b24-23+/t32-,36+,37-/m0/s1. The first kappa shape index (κ1) is 36.0. The Morgan fingerprint density at radius 3 is 1.80 bits per heavy atom. The zero-order chi connectivity index (χ0) is 35.3. The van der Waals surface area contributed by atoms with E-state index in [0.29, 0.717) is 0 Å². The number of H-pyrrole nitrogens is 1. The number of hydrogen-bond acceptors (Lipinski definition) is 8. The Morgan fingerprint density at radius 1 is 0.800 bits per heavy atom. The van der Waals surface area contributed by atoms with Gasteiger partial charge in [-0.15, -0.1) is 0 Å². The predicted octanol–water partition coefficient (Wildman–Crippen LogP) is 4.08. The maximum absolute atomic E-state index is 13.3. The average Bonchev–Trinajstić information content (AvgIpc) is 3.14. The van der Waals surface area contributed by atoms with Crippen molar-refractivity contribution in [3.63, 3.8) is 0 Å². The number of aromatic amines is 1. The third-order valence-electron chi connectivity index (χ3n) is 7.60. The van der Waals surface area contributed by atoms with Crippen molar-refractivity contribution in [3.8, 4) is 0 Å². The van der Waals surface area contributed by atoms with Crippen molar-refractivity contribution in [1.82, 2.24) is 9.55 Å². The van der Waals surface area contributed by atoms with Crippen molar-refractivity contribution < 1.29 is 28.5 Å². The number of nitrogens with zero attached hydrogens (tertiary/aromatic N) is 1. The van der Waals surface area contributed by atoms with Crippen molar-refractivity contribution >= 4 is 31.4 Å². The van der Waals surface area contributed by atoms with E-state index in [4.69, 9.17) is 18.9 Å². The van der Waals surface area contributed by atoms with Crippen LogP contribution in [-0.2, 0) is 34.1 Å². The summed E-state index contributed by atoms with van der Waals surface area (Å²) in [7, 11) is 1.26. The Kier molecular flexibility index (Phi) is 12.5. The number of esters is 2. The predicted molar refractivity (Wildman–Crippen MR) is 189 cm³/mol. The molecule has 5 rings (SSSR count). The number of ether oxygens (including phenoxy) is 4. The van der Waals surface area contributed by atoms with Gasteiger partial charge in [0.1, 0.15) is 0 Å². The second-order valence-electron chi connectivity index (χ2n) is 11.0. The first-order valence-electron chi connectivity index (χ1n) is 15.7. The van der Waals surface area contributed by atoms with E-state index in [2.05, 4.69) is 4.98 Å². The topological polar surface area (TPSA) is 126 Å². The Labute approximate surface area is 295 Å². The zero-order valence-electron chi connectivity index (χ0n) is 27.4. The second kappa shape index (κ2) is 17.4. The number of benzene rings is 4. The Hall–Kier alpha value is -5.32. The van der Waals surface area contributed by atoms with Gasteiger partial charge in [-0.25, -0.2) is 0 Å². The van der Waals surface area contributed by atoms with Gasteiger partial charge >= 0.3 is 296 Å². The molecule has 3 atom stereocenters. The Bertz CT molecular complexity index is 1890. The molecular weight excluding hydrogens is 703 g/mol. The molecule has 1 N–H and O–H groups in total. The Balaban J connectivity index is 1.62. The van der Waals surface area contributed by atoms with Gasteiger partial charge in [-0.05, 0) is 0 Å². The maximum atomic E-state index is 13.3. The summed E-state index contributed by atoms with van der Waals surface area (Å²) in [6, 6.07) is 39.7. The molecule has 1 aromatic heterocycles. The molecule has 0 saturated carbocycles. The molecule has 0 saturated heterocycles. The zero-order valence-corrected chi connectivity index (χ0v) is 29.1. The van der Waals surface area contributed by atoms with Crippen LogP contribution in [0.2, 0.25) is 0 Å². The van der Waals surface area contributed by atoms with Crippen LogP contribution in [0.15, 0.2) is 155 Å². The average molecular weight is 740 g/mol. The van der Waals surface area contributed by atoms with Gasteiger partial charge in [0.2, 0.25) is 0 Å². The molecule has 50 heavy (non-hydrogen) atoms. The van der Waals surface area contributed by atoms with E-state index in [-0.39, 0.29) is 6.61 Å². The molecule has 0 aliphatic heterocycles. The summed E-state index contributed by atoms with van der Waals surface area (Å²) in [6.45, 7) is 1.12. The molecule has 5 aromatic rings. The van der Waals surface area contributed by atoms with E-state index in [1.165, 1.54) is 38.4 Å². The van der Waals surface area contributed by atoms with E-state index in [1.807, 2.05) is 121 Å². The van der Waals surface area contributed by atoms with E-state index >= 15 is 0 Å². The molecule has 0 spiro atoms. The van der Waals surface area contributed by atoms with Gasteiger partial charge in [-0.2, -0.15) is 0 Å². The van der Waals surface area contributed by atoms with Gasteiger partial charge in [0.15, 0.2) is 0 Å². The first-order chi connectivity index (χ1) is 24.3. The molecule has 0 aliphatic rings. The van der Waals surface area contributed by atoms with Crippen LogP contribution >= 0.6 is 0 Å². The van der Waals surface area contributed by atoms with Crippen molar-refractivity contribution in [2.75, 3.05) is 13.7 Å². The number of carbonyl (C=O) groups excluding carboxylic acids is 2. The van der Waals surface area contributed by atoms with Gasteiger partial charge in [0, 0.05) is 0 Å². The van der Waals surface area contributed by atoms with Crippen LogP contribution in [-0.4, -0.2) is 61.3 Å². The Morgan fingerprint density at radius 2 is 1.32 bits per heavy atom. The summed E-state index contributed by atoms with van der Waals surface area (Å²) in [5, 5.41) is -0.984. The summed E-state index contributed by atoms with van der Waals surface area (Å²) in [6.07, 6.45) is 1.70.